The van der Waals surface area contributed by atoms with E-state index in [0.29, 0.717) is 0 Å². The fourth-order valence-corrected chi connectivity index (χ4v) is 2.51. The van der Waals surface area contributed by atoms with E-state index in [2.05, 4.69) is 31.6 Å². The molecule has 0 aliphatic carbocycles. The summed E-state index contributed by atoms with van der Waals surface area (Å²) in [6.45, 7) is 2.75. The normalized spacial score (nSPS) is 12.7. The third-order valence-electron chi connectivity index (χ3n) is 2.81. The van der Waals surface area contributed by atoms with Gasteiger partial charge in [-0.15, -0.1) is 5.10 Å². The molecule has 0 aliphatic rings. The largest absolute Gasteiger partial charge is 0.308 e. The molecule has 1 atom stereocenters. The van der Waals surface area contributed by atoms with Gasteiger partial charge < -0.3 is 5.32 Å². The maximum absolute atomic E-state index is 13.1. The Bertz CT molecular complexity index is 541. The van der Waals surface area contributed by atoms with Crippen molar-refractivity contribution in [2.75, 3.05) is 7.05 Å². The molecule has 0 fully saturated rings. The van der Waals surface area contributed by atoms with E-state index < -0.39 is 0 Å². The fraction of sp³-hybridized carbons (Fsp3) is 0.333. The Morgan fingerprint density at radius 1 is 1.50 bits per heavy atom. The van der Waals surface area contributed by atoms with Gasteiger partial charge in [0, 0.05) is 11.0 Å². The highest BCUT2D eigenvalue weighted by Crippen LogP contribution is 2.28. The summed E-state index contributed by atoms with van der Waals surface area (Å²) in [4.78, 5) is 0. The molecule has 0 saturated heterocycles. The van der Waals surface area contributed by atoms with Crippen molar-refractivity contribution < 1.29 is 4.39 Å². The lowest BCUT2D eigenvalue weighted by Crippen LogP contribution is -2.21. The predicted molar refractivity (Wildman–Crippen MR) is 70.7 cm³/mol. The van der Waals surface area contributed by atoms with E-state index in [1.807, 2.05) is 18.7 Å². The molecule has 2 rings (SSSR count). The van der Waals surface area contributed by atoms with Gasteiger partial charge in [-0.25, -0.2) is 9.07 Å². The van der Waals surface area contributed by atoms with E-state index in [4.69, 9.17) is 0 Å². The van der Waals surface area contributed by atoms with E-state index >= 15 is 0 Å². The van der Waals surface area contributed by atoms with E-state index in [1.54, 1.807) is 12.3 Å². The Morgan fingerprint density at radius 3 is 2.89 bits per heavy atom. The minimum atomic E-state index is -0.261. The molecule has 0 spiro atoms. The summed E-state index contributed by atoms with van der Waals surface area (Å²) in [6, 6.07) is 4.59. The second-order valence-corrected chi connectivity index (χ2v) is 4.72. The zero-order valence-corrected chi connectivity index (χ0v) is 11.8. The third kappa shape index (κ3) is 2.44. The van der Waals surface area contributed by atoms with Crippen LogP contribution >= 0.6 is 15.9 Å². The zero-order valence-electron chi connectivity index (χ0n) is 10.2. The second-order valence-electron chi connectivity index (χ2n) is 3.86. The summed E-state index contributed by atoms with van der Waals surface area (Å²) in [5.74, 6) is -0.261. The lowest BCUT2D eigenvalue weighted by Gasteiger charge is -2.18. The van der Waals surface area contributed by atoms with Gasteiger partial charge in [-0.05, 0) is 31.7 Å². The zero-order chi connectivity index (χ0) is 13.1. The monoisotopic (exact) mass is 312 g/mol. The van der Waals surface area contributed by atoms with Gasteiger partial charge in [0.05, 0.1) is 17.9 Å². The van der Waals surface area contributed by atoms with Crippen LogP contribution in [0.25, 0.3) is 0 Å². The standard InChI is InChI=1S/C12H14BrFN4/c1-3-18-11(7-16-17-18)12(15-2)9-5-4-8(14)6-10(9)13/h4-7,12,15H,3H2,1-2H3. The van der Waals surface area contributed by atoms with Crippen molar-refractivity contribution in [3.63, 3.8) is 0 Å². The Balaban J connectivity index is 2.45. The SMILES string of the molecule is CCn1nncc1C(NC)c1ccc(F)cc1Br. The minimum Gasteiger partial charge on any atom is -0.308 e. The van der Waals surface area contributed by atoms with Crippen LogP contribution in [0.1, 0.15) is 24.2 Å². The molecule has 96 valence electrons. The first-order valence-corrected chi connectivity index (χ1v) is 6.47. The molecule has 0 aliphatic heterocycles. The van der Waals surface area contributed by atoms with Gasteiger partial charge in [0.2, 0.25) is 0 Å². The number of rotatable bonds is 4. The van der Waals surface area contributed by atoms with Gasteiger partial charge in [-0.2, -0.15) is 0 Å². The number of aromatic nitrogens is 3. The van der Waals surface area contributed by atoms with E-state index in [1.165, 1.54) is 12.1 Å². The molecular formula is C12H14BrFN4. The Labute approximate surface area is 113 Å². The van der Waals surface area contributed by atoms with Crippen molar-refractivity contribution in [3.05, 3.63) is 45.9 Å². The number of benzene rings is 1. The number of nitrogens with zero attached hydrogens (tertiary/aromatic N) is 3. The van der Waals surface area contributed by atoms with Gasteiger partial charge in [-0.3, -0.25) is 0 Å². The van der Waals surface area contributed by atoms with Crippen LogP contribution < -0.4 is 5.32 Å². The van der Waals surface area contributed by atoms with Gasteiger partial charge in [0.25, 0.3) is 0 Å². The Hall–Kier alpha value is -1.27. The van der Waals surface area contributed by atoms with Crippen molar-refractivity contribution in [1.29, 1.82) is 0 Å². The molecule has 18 heavy (non-hydrogen) atoms. The van der Waals surface area contributed by atoms with Crippen LogP contribution in [0.5, 0.6) is 0 Å². The summed E-state index contributed by atoms with van der Waals surface area (Å²) in [5, 5.41) is 11.1. The van der Waals surface area contributed by atoms with Crippen LogP contribution in [0.2, 0.25) is 0 Å². The predicted octanol–water partition coefficient (Wildman–Crippen LogP) is 2.51. The highest BCUT2D eigenvalue weighted by atomic mass is 79.9. The topological polar surface area (TPSA) is 42.7 Å². The summed E-state index contributed by atoms with van der Waals surface area (Å²) in [5.41, 5.74) is 1.91. The van der Waals surface area contributed by atoms with Crippen LogP contribution in [-0.2, 0) is 6.54 Å². The molecule has 6 heteroatoms. The maximum Gasteiger partial charge on any atom is 0.124 e. The van der Waals surface area contributed by atoms with Crippen molar-refractivity contribution in [1.82, 2.24) is 20.3 Å². The van der Waals surface area contributed by atoms with Gasteiger partial charge in [-0.1, -0.05) is 27.2 Å². The van der Waals surface area contributed by atoms with Crippen molar-refractivity contribution in [2.24, 2.45) is 0 Å². The first-order valence-electron chi connectivity index (χ1n) is 5.68. The molecule has 0 radical (unpaired) electrons. The molecular weight excluding hydrogens is 299 g/mol. The van der Waals surface area contributed by atoms with Crippen LogP contribution in [0.3, 0.4) is 0 Å². The first-order chi connectivity index (χ1) is 8.67. The lowest BCUT2D eigenvalue weighted by molar-refractivity contribution is 0.550. The molecule has 1 heterocycles. The minimum absolute atomic E-state index is 0.0741. The second kappa shape index (κ2) is 5.58. The van der Waals surface area contributed by atoms with Crippen molar-refractivity contribution in [3.8, 4) is 0 Å². The van der Waals surface area contributed by atoms with E-state index in [-0.39, 0.29) is 11.9 Å². The molecule has 1 unspecified atom stereocenters. The number of hydrogen-bond donors (Lipinski definition) is 1. The molecule has 1 aromatic heterocycles. The summed E-state index contributed by atoms with van der Waals surface area (Å²) in [7, 11) is 1.85. The number of nitrogens with one attached hydrogen (secondary N) is 1. The van der Waals surface area contributed by atoms with E-state index in [0.717, 1.165) is 22.3 Å². The third-order valence-corrected chi connectivity index (χ3v) is 3.49. The van der Waals surface area contributed by atoms with Crippen LogP contribution in [-0.4, -0.2) is 22.0 Å². The van der Waals surface area contributed by atoms with Gasteiger partial charge in [0.15, 0.2) is 0 Å². The van der Waals surface area contributed by atoms with Crippen LogP contribution in [0.15, 0.2) is 28.9 Å². The average molecular weight is 313 g/mol. The first kappa shape index (κ1) is 13.2. The Morgan fingerprint density at radius 2 is 2.28 bits per heavy atom. The van der Waals surface area contributed by atoms with Crippen LogP contribution in [0.4, 0.5) is 4.39 Å². The molecule has 1 aromatic carbocycles. The van der Waals surface area contributed by atoms with Gasteiger partial charge >= 0.3 is 0 Å². The smallest absolute Gasteiger partial charge is 0.124 e. The number of halogens is 2. The molecule has 4 nitrogen and oxygen atoms in total. The molecule has 0 amide bonds. The molecule has 2 aromatic rings. The number of aryl methyl sites for hydroxylation is 1. The molecule has 0 bridgehead atoms. The van der Waals surface area contributed by atoms with Crippen molar-refractivity contribution in [2.45, 2.75) is 19.5 Å². The highest BCUT2D eigenvalue weighted by Gasteiger charge is 2.19. The van der Waals surface area contributed by atoms with Crippen molar-refractivity contribution >= 4 is 15.9 Å². The van der Waals surface area contributed by atoms with Gasteiger partial charge in [0.1, 0.15) is 5.82 Å². The van der Waals surface area contributed by atoms with E-state index in [9.17, 15) is 4.39 Å². The maximum atomic E-state index is 13.1. The average Bonchev–Trinajstić information content (AvgIpc) is 2.81. The van der Waals surface area contributed by atoms with Crippen LogP contribution in [0, 0.1) is 5.82 Å². The Kier molecular flexibility index (Phi) is 4.08. The lowest BCUT2D eigenvalue weighted by atomic mass is 10.0. The number of hydrogen-bond acceptors (Lipinski definition) is 3. The highest BCUT2D eigenvalue weighted by molar-refractivity contribution is 9.10. The quantitative estimate of drug-likeness (QED) is 0.943. The molecule has 0 saturated carbocycles. The summed E-state index contributed by atoms with van der Waals surface area (Å²) < 4.78 is 15.7. The summed E-state index contributed by atoms with van der Waals surface area (Å²) >= 11 is 3.39. The summed E-state index contributed by atoms with van der Waals surface area (Å²) in [6.07, 6.45) is 1.72. The molecule has 1 N–H and O–H groups in total. The fourth-order valence-electron chi connectivity index (χ4n) is 1.93.